The Bertz CT molecular complexity index is 665. The number of hydrogen-bond donors (Lipinski definition) is 7. The van der Waals surface area contributed by atoms with E-state index in [1.165, 1.54) is 6.92 Å². The van der Waals surface area contributed by atoms with Gasteiger partial charge in [0.1, 0.15) is 24.2 Å². The first kappa shape index (κ1) is 28.3. The number of carboxylic acids is 2. The number of rotatable bonds is 13. The van der Waals surface area contributed by atoms with Gasteiger partial charge in [0.15, 0.2) is 0 Å². The van der Waals surface area contributed by atoms with Gasteiger partial charge in [0.25, 0.3) is 0 Å². The minimum atomic E-state index is -1.67. The molecule has 0 aliphatic carbocycles. The van der Waals surface area contributed by atoms with Crippen LogP contribution >= 0.6 is 0 Å². The lowest BCUT2D eigenvalue weighted by molar-refractivity contribution is -0.147. The number of carbonyl (C=O) groups is 5. The van der Waals surface area contributed by atoms with E-state index < -0.39 is 72.3 Å². The van der Waals surface area contributed by atoms with Crippen molar-refractivity contribution in [3.05, 3.63) is 0 Å². The van der Waals surface area contributed by atoms with Crippen LogP contribution in [0, 0.1) is 11.8 Å². The summed E-state index contributed by atoms with van der Waals surface area (Å²) in [6, 6.07) is -5.15. The summed E-state index contributed by atoms with van der Waals surface area (Å²) in [5, 5.41) is 34.5. The molecule has 0 aromatic heterocycles. The van der Waals surface area contributed by atoms with Crippen LogP contribution in [0.1, 0.15) is 47.5 Å². The van der Waals surface area contributed by atoms with Crippen molar-refractivity contribution in [2.45, 2.75) is 77.7 Å². The lowest BCUT2D eigenvalue weighted by atomic mass is 9.99. The van der Waals surface area contributed by atoms with E-state index >= 15 is 0 Å². The molecule has 12 nitrogen and oxygen atoms in total. The average molecular weight is 447 g/mol. The van der Waals surface area contributed by atoms with Gasteiger partial charge in [-0.25, -0.2) is 4.79 Å². The van der Waals surface area contributed by atoms with Crippen LogP contribution in [0.2, 0.25) is 0 Å². The first-order chi connectivity index (χ1) is 14.2. The Morgan fingerprint density at radius 3 is 1.71 bits per heavy atom. The second-order valence-electron chi connectivity index (χ2n) is 8.18. The highest BCUT2D eigenvalue weighted by Crippen LogP contribution is 2.09. The lowest BCUT2D eigenvalue weighted by Gasteiger charge is -2.27. The van der Waals surface area contributed by atoms with Crippen molar-refractivity contribution >= 4 is 29.7 Å². The number of aliphatic hydroxyl groups excluding tert-OH is 1. The molecule has 3 amide bonds. The van der Waals surface area contributed by atoms with Crippen LogP contribution in [0.25, 0.3) is 0 Å². The zero-order chi connectivity index (χ0) is 24.5. The van der Waals surface area contributed by atoms with Crippen molar-refractivity contribution < 1.29 is 39.3 Å². The molecule has 31 heavy (non-hydrogen) atoms. The van der Waals surface area contributed by atoms with Crippen LogP contribution in [0.3, 0.4) is 0 Å². The van der Waals surface area contributed by atoms with Gasteiger partial charge < -0.3 is 37.0 Å². The van der Waals surface area contributed by atoms with Gasteiger partial charge in [0, 0.05) is 0 Å². The van der Waals surface area contributed by atoms with Gasteiger partial charge in [-0.2, -0.15) is 0 Å². The topological polar surface area (TPSA) is 208 Å². The van der Waals surface area contributed by atoms with Gasteiger partial charge in [0.2, 0.25) is 17.7 Å². The summed E-state index contributed by atoms with van der Waals surface area (Å²) in [5.74, 6) is -5.73. The molecule has 5 unspecified atom stereocenters. The summed E-state index contributed by atoms with van der Waals surface area (Å²) in [4.78, 5) is 59.6. The Hall–Kier alpha value is -2.73. The molecule has 0 bridgehead atoms. The number of aliphatic hydroxyl groups is 1. The molecule has 178 valence electrons. The van der Waals surface area contributed by atoms with Crippen molar-refractivity contribution in [3.63, 3.8) is 0 Å². The highest BCUT2D eigenvalue weighted by Gasteiger charge is 2.33. The first-order valence-electron chi connectivity index (χ1n) is 9.96. The SMILES string of the molecule is CC(C)CC(NC(=O)C(N)C(C)O)C(=O)NC(C(=O)NC(CC(=O)O)C(=O)O)C(C)C. The highest BCUT2D eigenvalue weighted by molar-refractivity contribution is 5.94. The molecule has 12 heteroatoms. The molecule has 0 rings (SSSR count). The summed E-state index contributed by atoms with van der Waals surface area (Å²) >= 11 is 0. The van der Waals surface area contributed by atoms with E-state index in [-0.39, 0.29) is 12.3 Å². The van der Waals surface area contributed by atoms with E-state index in [1.54, 1.807) is 13.8 Å². The van der Waals surface area contributed by atoms with Crippen molar-refractivity contribution in [3.8, 4) is 0 Å². The smallest absolute Gasteiger partial charge is 0.326 e. The molecule has 0 saturated heterocycles. The maximum atomic E-state index is 12.8. The van der Waals surface area contributed by atoms with E-state index in [9.17, 15) is 29.1 Å². The molecular formula is C19H34N4O8. The number of aliphatic carboxylic acids is 2. The minimum Gasteiger partial charge on any atom is -0.481 e. The molecule has 0 aromatic rings. The summed E-state index contributed by atoms with van der Waals surface area (Å²) in [6.45, 7) is 8.18. The summed E-state index contributed by atoms with van der Waals surface area (Å²) < 4.78 is 0. The first-order valence-corrected chi connectivity index (χ1v) is 9.96. The number of carboxylic acid groups (broad SMARTS) is 2. The van der Waals surface area contributed by atoms with Gasteiger partial charge >= 0.3 is 11.9 Å². The quantitative estimate of drug-likeness (QED) is 0.174. The fraction of sp³-hybridized carbons (Fsp3) is 0.737. The molecular weight excluding hydrogens is 412 g/mol. The maximum absolute atomic E-state index is 12.8. The minimum absolute atomic E-state index is 0.0166. The van der Waals surface area contributed by atoms with Crippen LogP contribution in [0.5, 0.6) is 0 Å². The van der Waals surface area contributed by atoms with Crippen LogP contribution in [0.15, 0.2) is 0 Å². The predicted molar refractivity (Wildman–Crippen MR) is 110 cm³/mol. The van der Waals surface area contributed by atoms with Crippen LogP contribution in [-0.4, -0.2) is 75.3 Å². The van der Waals surface area contributed by atoms with E-state index in [0.29, 0.717) is 0 Å². The van der Waals surface area contributed by atoms with E-state index in [2.05, 4.69) is 16.0 Å². The highest BCUT2D eigenvalue weighted by atomic mass is 16.4. The third kappa shape index (κ3) is 10.2. The fourth-order valence-electron chi connectivity index (χ4n) is 2.61. The third-order valence-electron chi connectivity index (χ3n) is 4.40. The zero-order valence-electron chi connectivity index (χ0n) is 18.4. The van der Waals surface area contributed by atoms with Gasteiger partial charge in [0.05, 0.1) is 12.5 Å². The largest absolute Gasteiger partial charge is 0.481 e. The third-order valence-corrected chi connectivity index (χ3v) is 4.40. The fourth-order valence-corrected chi connectivity index (χ4v) is 2.61. The van der Waals surface area contributed by atoms with Gasteiger partial charge in [-0.1, -0.05) is 27.7 Å². The van der Waals surface area contributed by atoms with Crippen molar-refractivity contribution in [1.29, 1.82) is 0 Å². The van der Waals surface area contributed by atoms with Crippen LogP contribution in [0.4, 0.5) is 0 Å². The summed E-state index contributed by atoms with van der Waals surface area (Å²) in [6.07, 6.45) is -1.75. The molecule has 0 aliphatic heterocycles. The molecule has 5 atom stereocenters. The molecule has 0 spiro atoms. The second kappa shape index (κ2) is 12.8. The Balaban J connectivity index is 5.45. The van der Waals surface area contributed by atoms with Gasteiger partial charge in [-0.15, -0.1) is 0 Å². The lowest BCUT2D eigenvalue weighted by Crippen LogP contribution is -2.59. The standard InChI is InChI=1S/C19H34N4O8/c1-8(2)6-11(21-17(28)14(20)10(5)24)16(27)23-15(9(3)4)18(29)22-12(19(30)31)7-13(25)26/h8-12,14-15,24H,6-7,20H2,1-5H3,(H,21,28)(H,22,29)(H,23,27)(H,25,26)(H,30,31). The van der Waals surface area contributed by atoms with E-state index in [1.807, 2.05) is 13.8 Å². The van der Waals surface area contributed by atoms with Crippen molar-refractivity contribution in [2.24, 2.45) is 17.6 Å². The predicted octanol–water partition coefficient (Wildman–Crippen LogP) is -1.59. The van der Waals surface area contributed by atoms with Crippen LogP contribution in [-0.2, 0) is 24.0 Å². The van der Waals surface area contributed by atoms with Crippen LogP contribution < -0.4 is 21.7 Å². The summed E-state index contributed by atoms with van der Waals surface area (Å²) in [5.41, 5.74) is 5.60. The molecule has 0 aromatic carbocycles. The second-order valence-corrected chi connectivity index (χ2v) is 8.18. The Morgan fingerprint density at radius 2 is 1.32 bits per heavy atom. The average Bonchev–Trinajstić information content (AvgIpc) is 2.62. The molecule has 0 heterocycles. The number of hydrogen-bond acceptors (Lipinski definition) is 7. The zero-order valence-corrected chi connectivity index (χ0v) is 18.4. The normalized spacial score (nSPS) is 16.0. The van der Waals surface area contributed by atoms with Crippen molar-refractivity contribution in [2.75, 3.05) is 0 Å². The Morgan fingerprint density at radius 1 is 0.806 bits per heavy atom. The molecule has 0 saturated carbocycles. The Labute approximate surface area is 180 Å². The number of nitrogens with two attached hydrogens (primary N) is 1. The molecule has 0 aliphatic rings. The number of amides is 3. The van der Waals surface area contributed by atoms with E-state index in [4.69, 9.17) is 15.9 Å². The maximum Gasteiger partial charge on any atom is 0.326 e. The van der Waals surface area contributed by atoms with Crippen molar-refractivity contribution in [1.82, 2.24) is 16.0 Å². The van der Waals surface area contributed by atoms with E-state index in [0.717, 1.165) is 0 Å². The molecule has 0 fully saturated rings. The monoisotopic (exact) mass is 446 g/mol. The number of carbonyl (C=O) groups excluding carboxylic acids is 3. The van der Waals surface area contributed by atoms with Gasteiger partial charge in [-0.3, -0.25) is 19.2 Å². The Kier molecular flexibility index (Phi) is 11.7. The number of nitrogens with one attached hydrogen (secondary N) is 3. The molecule has 8 N–H and O–H groups in total. The summed E-state index contributed by atoms with van der Waals surface area (Å²) in [7, 11) is 0. The van der Waals surface area contributed by atoms with Gasteiger partial charge in [-0.05, 0) is 25.2 Å². The molecule has 0 radical (unpaired) electrons.